The molecule has 0 fully saturated rings. The number of ketones is 1. The minimum Gasteiger partial charge on any atom is -0.496 e. The Bertz CT molecular complexity index is 1490. The van der Waals surface area contributed by atoms with Crippen LogP contribution >= 0.6 is 44.8 Å². The normalized spacial score (nSPS) is 15.8. The first kappa shape index (κ1) is 26.4. The van der Waals surface area contributed by atoms with Crippen LogP contribution in [-0.4, -0.2) is 22.9 Å². The number of carbonyl (C=O) groups is 1. The van der Waals surface area contributed by atoms with Gasteiger partial charge < -0.3 is 4.74 Å². The average molecular weight is 574 g/mol. The summed E-state index contributed by atoms with van der Waals surface area (Å²) in [5, 5.41) is 1.27. The Morgan fingerprint density at radius 2 is 1.70 bits per heavy atom. The van der Waals surface area contributed by atoms with Crippen molar-refractivity contribution in [3.8, 4) is 11.7 Å². The minimum atomic E-state index is -0.547. The van der Waals surface area contributed by atoms with E-state index in [1.165, 1.54) is 0 Å². The van der Waals surface area contributed by atoms with E-state index in [2.05, 4.69) is 21.7 Å². The predicted octanol–water partition coefficient (Wildman–Crippen LogP) is 7.54. The van der Waals surface area contributed by atoms with Crippen LogP contribution in [0.5, 0.6) is 5.75 Å². The molecule has 0 aliphatic heterocycles. The second-order valence-corrected chi connectivity index (χ2v) is 13.4. The summed E-state index contributed by atoms with van der Waals surface area (Å²) in [5.74, 6) is 2.42. The number of carbonyl (C=O) groups excluding carboxylic acids is 1. The maximum absolute atomic E-state index is 13.1. The summed E-state index contributed by atoms with van der Waals surface area (Å²) in [4.78, 5) is 22.4. The first-order valence-corrected chi connectivity index (χ1v) is 15.0. The van der Waals surface area contributed by atoms with Crippen LogP contribution in [0, 0.1) is 6.92 Å². The molecule has 2 aromatic carbocycles. The van der Waals surface area contributed by atoms with Gasteiger partial charge in [0.25, 0.3) is 0 Å². The van der Waals surface area contributed by atoms with Crippen molar-refractivity contribution in [3.05, 3.63) is 75.0 Å². The van der Waals surface area contributed by atoms with E-state index in [1.54, 1.807) is 28.7 Å². The Labute approximate surface area is 234 Å². The molecule has 0 bridgehead atoms. The average Bonchev–Trinajstić information content (AvgIpc) is 3.32. The standard InChI is InChI=1S/C28H28Cl2N3O2S2/c1-15-22(14-36-37-24-18(29)8-7-9-19(24)30)33(11-10-23(15)35-6)26-31-20-12-16-17(13-21(20)32-26)28(4,5)25(34)27(16,2)3/h7-13H,14H2,1-6H3,(H,31,32)/q+1. The first-order valence-electron chi connectivity index (χ1n) is 11.9. The number of imidazole rings is 1. The van der Waals surface area contributed by atoms with Crippen LogP contribution in [-0.2, 0) is 21.4 Å². The van der Waals surface area contributed by atoms with E-state index in [0.717, 1.165) is 44.1 Å². The number of nitrogens with one attached hydrogen (secondary N) is 1. The monoisotopic (exact) mass is 572 g/mol. The van der Waals surface area contributed by atoms with Gasteiger partial charge in [0.15, 0.2) is 11.3 Å². The lowest BCUT2D eigenvalue weighted by Crippen LogP contribution is -2.37. The molecule has 0 saturated heterocycles. The smallest absolute Gasteiger partial charge is 0.402 e. The summed E-state index contributed by atoms with van der Waals surface area (Å²) < 4.78 is 7.68. The van der Waals surface area contributed by atoms with Crippen LogP contribution in [0.1, 0.15) is 50.1 Å². The SMILES string of the molecule is COc1cc[n+](-c2nc3cc4c(cc3[nH]2)C(C)(C)C(=O)C4(C)C)c(CSSc2c(Cl)cccc2Cl)c1C. The van der Waals surface area contributed by atoms with Gasteiger partial charge in [-0.3, -0.25) is 4.79 Å². The predicted molar refractivity (Wildman–Crippen MR) is 154 cm³/mol. The second-order valence-electron chi connectivity index (χ2n) is 10.3. The van der Waals surface area contributed by atoms with Crippen molar-refractivity contribution in [2.75, 3.05) is 7.11 Å². The number of methoxy groups -OCH3 is 1. The first-order chi connectivity index (χ1) is 17.5. The molecule has 192 valence electrons. The lowest BCUT2D eigenvalue weighted by Gasteiger charge is -2.21. The molecule has 0 saturated carbocycles. The quantitative estimate of drug-likeness (QED) is 0.191. The Morgan fingerprint density at radius 3 is 2.35 bits per heavy atom. The van der Waals surface area contributed by atoms with Crippen molar-refractivity contribution >= 4 is 61.6 Å². The largest absolute Gasteiger partial charge is 0.496 e. The van der Waals surface area contributed by atoms with Gasteiger partial charge in [-0.25, -0.2) is 9.55 Å². The van der Waals surface area contributed by atoms with Gasteiger partial charge in [-0.1, -0.05) is 55.8 Å². The fraction of sp³-hybridized carbons (Fsp3) is 0.321. The fourth-order valence-corrected chi connectivity index (χ4v) is 8.45. The molecule has 0 atom stereocenters. The van der Waals surface area contributed by atoms with E-state index in [1.807, 2.05) is 65.1 Å². The van der Waals surface area contributed by atoms with Crippen LogP contribution in [0.25, 0.3) is 17.0 Å². The van der Waals surface area contributed by atoms with Crippen molar-refractivity contribution < 1.29 is 14.1 Å². The number of nitrogens with zero attached hydrogens (tertiary/aromatic N) is 2. The number of pyridine rings is 1. The highest BCUT2D eigenvalue weighted by atomic mass is 35.5. The lowest BCUT2D eigenvalue weighted by molar-refractivity contribution is -0.610. The van der Waals surface area contributed by atoms with Crippen LogP contribution in [0.15, 0.2) is 47.5 Å². The fourth-order valence-electron chi connectivity index (χ4n) is 5.20. The Morgan fingerprint density at radius 1 is 1.05 bits per heavy atom. The Hall–Kier alpha value is -2.19. The van der Waals surface area contributed by atoms with Crippen LogP contribution in [0.4, 0.5) is 0 Å². The maximum atomic E-state index is 13.1. The number of aromatic amines is 1. The number of aromatic nitrogens is 3. The number of H-pyrrole nitrogens is 1. The number of Topliss-reactive ketones (excluding diaryl/α,β-unsaturated/α-hetero) is 1. The van der Waals surface area contributed by atoms with Crippen molar-refractivity contribution in [1.29, 1.82) is 0 Å². The molecule has 0 spiro atoms. The van der Waals surface area contributed by atoms with Gasteiger partial charge in [-0.2, -0.15) is 0 Å². The molecule has 2 heterocycles. The number of halogens is 2. The van der Waals surface area contributed by atoms with Crippen LogP contribution in [0.3, 0.4) is 0 Å². The molecule has 1 aliphatic rings. The van der Waals surface area contributed by atoms with Crippen molar-refractivity contribution in [2.24, 2.45) is 0 Å². The third-order valence-electron chi connectivity index (χ3n) is 7.26. The molecule has 9 heteroatoms. The van der Waals surface area contributed by atoms with E-state index < -0.39 is 10.8 Å². The van der Waals surface area contributed by atoms with E-state index in [-0.39, 0.29) is 5.78 Å². The van der Waals surface area contributed by atoms with E-state index in [0.29, 0.717) is 21.7 Å². The molecule has 0 amide bonds. The van der Waals surface area contributed by atoms with Gasteiger partial charge in [0.05, 0.1) is 34.0 Å². The van der Waals surface area contributed by atoms with Crippen molar-refractivity contribution in [3.63, 3.8) is 0 Å². The number of benzene rings is 2. The minimum absolute atomic E-state index is 0.235. The molecule has 4 aromatic rings. The molecule has 2 aromatic heterocycles. The molecular formula is C28H28Cl2N3O2S2+. The van der Waals surface area contributed by atoms with Gasteiger partial charge in [0.1, 0.15) is 17.0 Å². The highest BCUT2D eigenvalue weighted by Gasteiger charge is 2.50. The van der Waals surface area contributed by atoms with Crippen LogP contribution in [0.2, 0.25) is 10.0 Å². The van der Waals surface area contributed by atoms with E-state index >= 15 is 0 Å². The third-order valence-corrected chi connectivity index (χ3v) is 10.4. The van der Waals surface area contributed by atoms with Gasteiger partial charge >= 0.3 is 5.95 Å². The number of hydrogen-bond donors (Lipinski definition) is 1. The van der Waals surface area contributed by atoms with E-state index in [9.17, 15) is 4.79 Å². The van der Waals surface area contributed by atoms with Gasteiger partial charge in [-0.05, 0) is 70.0 Å². The number of ether oxygens (including phenoxy) is 1. The van der Waals surface area contributed by atoms with Gasteiger partial charge in [0.2, 0.25) is 0 Å². The second kappa shape index (κ2) is 9.53. The third kappa shape index (κ3) is 4.34. The summed E-state index contributed by atoms with van der Waals surface area (Å²) in [6.45, 7) is 10.1. The zero-order valence-electron chi connectivity index (χ0n) is 21.5. The molecular weight excluding hydrogens is 545 g/mol. The number of hydrogen-bond acceptors (Lipinski definition) is 5. The zero-order chi connectivity index (χ0) is 26.7. The van der Waals surface area contributed by atoms with Gasteiger partial charge in [0, 0.05) is 22.5 Å². The zero-order valence-corrected chi connectivity index (χ0v) is 24.7. The van der Waals surface area contributed by atoms with E-state index in [4.69, 9.17) is 32.9 Å². The van der Waals surface area contributed by atoms with Crippen molar-refractivity contribution in [1.82, 2.24) is 9.97 Å². The van der Waals surface area contributed by atoms with Crippen LogP contribution < -0.4 is 9.30 Å². The lowest BCUT2D eigenvalue weighted by atomic mass is 9.80. The Kier molecular flexibility index (Phi) is 6.80. The molecule has 5 nitrogen and oxygen atoms in total. The summed E-state index contributed by atoms with van der Waals surface area (Å²) in [6.07, 6.45) is 1.97. The molecule has 1 N–H and O–H groups in total. The molecule has 37 heavy (non-hydrogen) atoms. The highest BCUT2D eigenvalue weighted by Crippen LogP contribution is 2.47. The molecule has 0 unspecified atom stereocenters. The summed E-state index contributed by atoms with van der Waals surface area (Å²) in [6, 6.07) is 11.6. The maximum Gasteiger partial charge on any atom is 0.402 e. The summed E-state index contributed by atoms with van der Waals surface area (Å²) >= 11 is 12.7. The Balaban J connectivity index is 1.55. The summed E-state index contributed by atoms with van der Waals surface area (Å²) in [7, 11) is 4.87. The molecule has 5 rings (SSSR count). The van der Waals surface area contributed by atoms with Crippen molar-refractivity contribution in [2.45, 2.75) is 56.1 Å². The van der Waals surface area contributed by atoms with Gasteiger partial charge in [-0.15, -0.1) is 0 Å². The number of fused-ring (bicyclic) bond motifs is 2. The molecule has 1 aliphatic carbocycles. The number of rotatable bonds is 6. The topological polar surface area (TPSA) is 58.9 Å². The molecule has 0 radical (unpaired) electrons. The summed E-state index contributed by atoms with van der Waals surface area (Å²) in [5.41, 5.74) is 4.84. The highest BCUT2D eigenvalue weighted by molar-refractivity contribution is 8.76.